The first kappa shape index (κ1) is 15.0. The lowest BCUT2D eigenvalue weighted by Gasteiger charge is -2.13. The summed E-state index contributed by atoms with van der Waals surface area (Å²) < 4.78 is 2.32. The first-order chi connectivity index (χ1) is 9.58. The fourth-order valence-electron chi connectivity index (χ4n) is 2.54. The summed E-state index contributed by atoms with van der Waals surface area (Å²) in [5, 5.41) is 0. The van der Waals surface area contributed by atoms with Gasteiger partial charge >= 0.3 is 0 Å². The Balaban J connectivity index is 2.52. The highest BCUT2D eigenvalue weighted by Gasteiger charge is 2.16. The van der Waals surface area contributed by atoms with Gasteiger partial charge in [-0.05, 0) is 36.5 Å². The van der Waals surface area contributed by atoms with E-state index in [0.29, 0.717) is 5.92 Å². The van der Waals surface area contributed by atoms with E-state index in [4.69, 9.17) is 10.7 Å². The van der Waals surface area contributed by atoms with E-state index in [2.05, 4.69) is 50.5 Å². The minimum absolute atomic E-state index is 0.0294. The summed E-state index contributed by atoms with van der Waals surface area (Å²) in [5.74, 6) is 1.57. The zero-order chi connectivity index (χ0) is 14.7. The van der Waals surface area contributed by atoms with Crippen molar-refractivity contribution in [3.63, 3.8) is 0 Å². The largest absolute Gasteiger partial charge is 0.327 e. The van der Waals surface area contributed by atoms with Gasteiger partial charge in [0.15, 0.2) is 0 Å². The van der Waals surface area contributed by atoms with E-state index < -0.39 is 0 Å². The number of fused-ring (bicyclic) bond motifs is 1. The van der Waals surface area contributed by atoms with E-state index in [0.717, 1.165) is 24.3 Å². The second-order valence-corrected chi connectivity index (χ2v) is 5.89. The van der Waals surface area contributed by atoms with Crippen LogP contribution in [0.4, 0.5) is 0 Å². The van der Waals surface area contributed by atoms with Gasteiger partial charge in [-0.2, -0.15) is 0 Å². The van der Waals surface area contributed by atoms with Crippen molar-refractivity contribution in [1.29, 1.82) is 0 Å². The maximum atomic E-state index is 6.25. The molecule has 20 heavy (non-hydrogen) atoms. The zero-order valence-electron chi connectivity index (χ0n) is 13.2. The molecule has 0 radical (unpaired) electrons. The molecule has 0 saturated carbocycles. The molecule has 1 heterocycles. The molecule has 3 nitrogen and oxygen atoms in total. The third-order valence-electron chi connectivity index (χ3n) is 3.98. The van der Waals surface area contributed by atoms with Crippen LogP contribution < -0.4 is 5.73 Å². The normalized spacial score (nSPS) is 13.3. The topological polar surface area (TPSA) is 43.8 Å². The van der Waals surface area contributed by atoms with Crippen LogP contribution in [0.25, 0.3) is 11.0 Å². The zero-order valence-corrected chi connectivity index (χ0v) is 13.2. The summed E-state index contributed by atoms with van der Waals surface area (Å²) in [7, 11) is 0. The van der Waals surface area contributed by atoms with Gasteiger partial charge in [-0.1, -0.05) is 40.2 Å². The highest BCUT2D eigenvalue weighted by Crippen LogP contribution is 2.25. The quantitative estimate of drug-likeness (QED) is 0.849. The van der Waals surface area contributed by atoms with Crippen molar-refractivity contribution in [3.8, 4) is 0 Å². The van der Waals surface area contributed by atoms with Crippen LogP contribution in [0.2, 0.25) is 0 Å². The number of aryl methyl sites for hydroxylation is 1. The van der Waals surface area contributed by atoms with Crippen LogP contribution in [0.5, 0.6) is 0 Å². The van der Waals surface area contributed by atoms with E-state index in [1.807, 2.05) is 0 Å². The van der Waals surface area contributed by atoms with Gasteiger partial charge in [0, 0.05) is 6.54 Å². The third-order valence-corrected chi connectivity index (χ3v) is 3.98. The van der Waals surface area contributed by atoms with E-state index in [1.54, 1.807) is 0 Å². The van der Waals surface area contributed by atoms with E-state index >= 15 is 0 Å². The summed E-state index contributed by atoms with van der Waals surface area (Å²) in [6.07, 6.45) is 3.28. The first-order valence-electron chi connectivity index (χ1n) is 7.84. The molecule has 0 bridgehead atoms. The molecule has 0 spiro atoms. The predicted molar refractivity (Wildman–Crippen MR) is 85.9 cm³/mol. The number of aromatic nitrogens is 2. The Bertz CT molecular complexity index is 569. The smallest absolute Gasteiger partial charge is 0.126 e. The van der Waals surface area contributed by atoms with Gasteiger partial charge in [0.1, 0.15) is 5.82 Å². The monoisotopic (exact) mass is 273 g/mol. The molecule has 1 aromatic heterocycles. The predicted octanol–water partition coefficient (Wildman–Crippen LogP) is 4.37. The number of unbranched alkanes of at least 4 members (excludes halogenated alkanes) is 1. The van der Waals surface area contributed by atoms with Gasteiger partial charge in [-0.25, -0.2) is 4.98 Å². The SMILES string of the molecule is CCCCn1c(C(N)CC)nc2cc(C(C)C)ccc21. The Labute approximate surface area is 122 Å². The fraction of sp³-hybridized carbons (Fsp3) is 0.588. The molecule has 0 fully saturated rings. The average molecular weight is 273 g/mol. The first-order valence-corrected chi connectivity index (χ1v) is 7.84. The minimum atomic E-state index is 0.0294. The number of imidazole rings is 1. The molecule has 1 aromatic carbocycles. The Morgan fingerprint density at radius 1 is 1.25 bits per heavy atom. The summed E-state index contributed by atoms with van der Waals surface area (Å²) in [6.45, 7) is 9.78. The molecule has 3 heteroatoms. The van der Waals surface area contributed by atoms with Gasteiger partial charge in [-0.15, -0.1) is 0 Å². The van der Waals surface area contributed by atoms with Crippen LogP contribution in [0.1, 0.15) is 70.3 Å². The average Bonchev–Trinajstić information content (AvgIpc) is 2.81. The van der Waals surface area contributed by atoms with Crippen LogP contribution in [0, 0.1) is 0 Å². The lowest BCUT2D eigenvalue weighted by molar-refractivity contribution is 0.560. The van der Waals surface area contributed by atoms with Crippen LogP contribution in [-0.2, 0) is 6.54 Å². The summed E-state index contributed by atoms with van der Waals surface area (Å²) in [4.78, 5) is 4.82. The minimum Gasteiger partial charge on any atom is -0.327 e. The molecule has 2 N–H and O–H groups in total. The third kappa shape index (κ3) is 2.88. The van der Waals surface area contributed by atoms with Gasteiger partial charge in [-0.3, -0.25) is 0 Å². The van der Waals surface area contributed by atoms with Crippen molar-refractivity contribution >= 4 is 11.0 Å². The molecule has 0 aliphatic heterocycles. The Morgan fingerprint density at radius 3 is 2.60 bits per heavy atom. The van der Waals surface area contributed by atoms with E-state index in [1.165, 1.54) is 23.9 Å². The molecule has 0 saturated heterocycles. The van der Waals surface area contributed by atoms with Crippen molar-refractivity contribution < 1.29 is 0 Å². The van der Waals surface area contributed by atoms with Gasteiger partial charge in [0.2, 0.25) is 0 Å². The summed E-state index contributed by atoms with van der Waals surface area (Å²) in [6, 6.07) is 6.67. The molecule has 0 aliphatic carbocycles. The molecule has 110 valence electrons. The van der Waals surface area contributed by atoms with Gasteiger partial charge in [0.05, 0.1) is 17.1 Å². The lowest BCUT2D eigenvalue weighted by atomic mass is 10.0. The molecule has 2 rings (SSSR count). The molecule has 1 unspecified atom stereocenters. The Kier molecular flexibility index (Phi) is 4.81. The van der Waals surface area contributed by atoms with Crippen LogP contribution in [-0.4, -0.2) is 9.55 Å². The lowest BCUT2D eigenvalue weighted by Crippen LogP contribution is -2.16. The van der Waals surface area contributed by atoms with Crippen molar-refractivity contribution in [1.82, 2.24) is 9.55 Å². The van der Waals surface area contributed by atoms with Crippen LogP contribution >= 0.6 is 0 Å². The number of benzene rings is 1. The van der Waals surface area contributed by atoms with Crippen molar-refractivity contribution in [2.45, 2.75) is 65.5 Å². The van der Waals surface area contributed by atoms with E-state index in [-0.39, 0.29) is 6.04 Å². The molecule has 2 aromatic rings. The highest BCUT2D eigenvalue weighted by molar-refractivity contribution is 5.77. The number of rotatable bonds is 6. The maximum Gasteiger partial charge on any atom is 0.126 e. The number of nitrogens with two attached hydrogens (primary N) is 1. The fourth-order valence-corrected chi connectivity index (χ4v) is 2.54. The van der Waals surface area contributed by atoms with Crippen molar-refractivity contribution in [2.75, 3.05) is 0 Å². The van der Waals surface area contributed by atoms with E-state index in [9.17, 15) is 0 Å². The molecular formula is C17H27N3. The standard InChI is InChI=1S/C17H27N3/c1-5-7-10-20-16-9-8-13(12(3)4)11-15(16)19-17(20)14(18)6-2/h8-9,11-12,14H,5-7,10,18H2,1-4H3. The molecular weight excluding hydrogens is 246 g/mol. The highest BCUT2D eigenvalue weighted by atomic mass is 15.1. The van der Waals surface area contributed by atoms with Crippen LogP contribution in [0.3, 0.4) is 0 Å². The van der Waals surface area contributed by atoms with Gasteiger partial charge in [0.25, 0.3) is 0 Å². The Morgan fingerprint density at radius 2 is 2.00 bits per heavy atom. The molecule has 0 aliphatic rings. The molecule has 0 amide bonds. The summed E-state index contributed by atoms with van der Waals surface area (Å²) in [5.41, 5.74) is 9.90. The van der Waals surface area contributed by atoms with Crippen molar-refractivity contribution in [2.24, 2.45) is 5.73 Å². The number of nitrogens with zero attached hydrogens (tertiary/aromatic N) is 2. The number of hydrogen-bond donors (Lipinski definition) is 1. The van der Waals surface area contributed by atoms with Gasteiger partial charge < -0.3 is 10.3 Å². The molecule has 1 atom stereocenters. The number of hydrogen-bond acceptors (Lipinski definition) is 2. The maximum absolute atomic E-state index is 6.25. The Hall–Kier alpha value is -1.35. The van der Waals surface area contributed by atoms with Crippen molar-refractivity contribution in [3.05, 3.63) is 29.6 Å². The van der Waals surface area contributed by atoms with Crippen LogP contribution in [0.15, 0.2) is 18.2 Å². The second-order valence-electron chi connectivity index (χ2n) is 5.89. The summed E-state index contributed by atoms with van der Waals surface area (Å²) >= 11 is 0. The second kappa shape index (κ2) is 6.40.